The summed E-state index contributed by atoms with van der Waals surface area (Å²) in [6, 6.07) is 16.8. The lowest BCUT2D eigenvalue weighted by atomic mass is 10.1. The largest absolute Gasteiger partial charge is 0.458 e. The molecule has 0 amide bonds. The molecule has 0 saturated heterocycles. The molecule has 0 saturated carbocycles. The highest BCUT2D eigenvalue weighted by molar-refractivity contribution is 5.99. The average Bonchev–Trinajstić information content (AvgIpc) is 3.39. The molecule has 0 aromatic heterocycles. The number of carbonyl (C=O) groups is 1. The Morgan fingerprint density at radius 3 is 2.85 bits per heavy atom. The molecule has 2 aromatic rings. The van der Waals surface area contributed by atoms with Crippen molar-refractivity contribution in [1.82, 2.24) is 15.5 Å². The van der Waals surface area contributed by atoms with E-state index in [4.69, 9.17) is 10.00 Å². The van der Waals surface area contributed by atoms with Crippen molar-refractivity contribution in [2.24, 2.45) is 4.99 Å². The van der Waals surface area contributed by atoms with Gasteiger partial charge >= 0.3 is 0 Å². The van der Waals surface area contributed by atoms with Crippen molar-refractivity contribution < 1.29 is 9.53 Å². The SMILES string of the molecule is CNCCc1cccc(OC2=CCN(C)C(C3=NCCN3)=C2)c1.N#Cc1cccc(C=O)c1. The number of carbonyl (C=O) groups excluding carboxylic acids is 1. The summed E-state index contributed by atoms with van der Waals surface area (Å²) in [5, 5.41) is 14.9. The van der Waals surface area contributed by atoms with Crippen LogP contribution in [0.4, 0.5) is 0 Å². The summed E-state index contributed by atoms with van der Waals surface area (Å²) < 4.78 is 6.07. The minimum absolute atomic E-state index is 0.518. The van der Waals surface area contributed by atoms with E-state index in [2.05, 4.69) is 51.9 Å². The quantitative estimate of drug-likeness (QED) is 0.640. The summed E-state index contributed by atoms with van der Waals surface area (Å²) in [5.41, 5.74) is 3.42. The lowest BCUT2D eigenvalue weighted by Gasteiger charge is -2.25. The molecule has 0 radical (unpaired) electrons. The van der Waals surface area contributed by atoms with Crippen LogP contribution in [0.5, 0.6) is 5.75 Å². The van der Waals surface area contributed by atoms with Gasteiger partial charge in [0.1, 0.15) is 23.6 Å². The first-order valence-electron chi connectivity index (χ1n) is 10.9. The summed E-state index contributed by atoms with van der Waals surface area (Å²) in [7, 11) is 4.04. The highest BCUT2D eigenvalue weighted by Crippen LogP contribution is 2.21. The monoisotopic (exact) mass is 443 g/mol. The van der Waals surface area contributed by atoms with Crippen LogP contribution in [0.15, 0.2) is 77.1 Å². The van der Waals surface area contributed by atoms with Gasteiger partial charge in [-0.05, 0) is 55.9 Å². The van der Waals surface area contributed by atoms with E-state index in [1.165, 1.54) is 5.56 Å². The summed E-state index contributed by atoms with van der Waals surface area (Å²) in [4.78, 5) is 16.8. The fourth-order valence-electron chi connectivity index (χ4n) is 3.37. The van der Waals surface area contributed by atoms with E-state index < -0.39 is 0 Å². The first-order chi connectivity index (χ1) is 16.1. The molecule has 0 spiro atoms. The van der Waals surface area contributed by atoms with Crippen LogP contribution >= 0.6 is 0 Å². The molecule has 2 aliphatic heterocycles. The Balaban J connectivity index is 0.000000257. The van der Waals surface area contributed by atoms with Gasteiger partial charge in [0.05, 0.1) is 23.9 Å². The number of nitrogens with one attached hydrogen (secondary N) is 2. The molecule has 0 unspecified atom stereocenters. The molecule has 0 atom stereocenters. The van der Waals surface area contributed by atoms with Gasteiger partial charge in [0.2, 0.25) is 0 Å². The van der Waals surface area contributed by atoms with Gasteiger partial charge in [-0.2, -0.15) is 5.26 Å². The molecule has 2 aliphatic rings. The minimum Gasteiger partial charge on any atom is -0.458 e. The molecule has 170 valence electrons. The Morgan fingerprint density at radius 2 is 2.12 bits per heavy atom. The number of ether oxygens (including phenoxy) is 1. The van der Waals surface area contributed by atoms with Crippen LogP contribution < -0.4 is 15.4 Å². The minimum atomic E-state index is 0.518. The van der Waals surface area contributed by atoms with E-state index in [1.807, 2.05) is 25.2 Å². The average molecular weight is 444 g/mol. The smallest absolute Gasteiger partial charge is 0.150 e. The highest BCUT2D eigenvalue weighted by Gasteiger charge is 2.19. The van der Waals surface area contributed by atoms with Crippen LogP contribution in [-0.2, 0) is 6.42 Å². The molecule has 0 aliphatic carbocycles. The third-order valence-electron chi connectivity index (χ3n) is 5.12. The molecule has 33 heavy (non-hydrogen) atoms. The predicted molar refractivity (Wildman–Crippen MR) is 130 cm³/mol. The van der Waals surface area contributed by atoms with E-state index in [-0.39, 0.29) is 0 Å². The molecule has 2 aromatic carbocycles. The molecule has 7 nitrogen and oxygen atoms in total. The van der Waals surface area contributed by atoms with Crippen LogP contribution in [0.3, 0.4) is 0 Å². The summed E-state index contributed by atoms with van der Waals surface area (Å²) >= 11 is 0. The number of nitrogens with zero attached hydrogens (tertiary/aromatic N) is 3. The predicted octanol–water partition coefficient (Wildman–Crippen LogP) is 2.91. The number of nitriles is 1. The Labute approximate surface area is 195 Å². The molecule has 2 heterocycles. The maximum Gasteiger partial charge on any atom is 0.150 e. The number of likely N-dealkylation sites (N-methyl/N-ethyl adjacent to an activating group) is 2. The summed E-state index contributed by atoms with van der Waals surface area (Å²) in [6.07, 6.45) is 5.87. The van der Waals surface area contributed by atoms with Crippen molar-refractivity contribution in [3.05, 3.63) is 88.8 Å². The number of amidine groups is 1. The topological polar surface area (TPSA) is 89.8 Å². The number of benzene rings is 2. The lowest BCUT2D eigenvalue weighted by molar-refractivity contribution is 0.112. The van der Waals surface area contributed by atoms with Crippen LogP contribution in [0.2, 0.25) is 0 Å². The standard InChI is InChI=1S/C18H24N4O.C8H5NO/c1-19-8-6-14-4-3-5-15(12-14)23-16-7-11-22(2)17(13-16)18-20-9-10-21-18;9-5-7-2-1-3-8(4-7)6-10/h3-5,7,12-13,19H,6,8-11H2,1-2H3,(H,20,21);1-4,6H. The molecular weight excluding hydrogens is 414 g/mol. The fourth-order valence-corrected chi connectivity index (χ4v) is 3.37. The van der Waals surface area contributed by atoms with Crippen LogP contribution in [0.1, 0.15) is 21.5 Å². The molecular formula is C26H29N5O2. The Kier molecular flexibility index (Phi) is 8.80. The summed E-state index contributed by atoms with van der Waals surface area (Å²) in [6.45, 7) is 3.54. The van der Waals surface area contributed by atoms with E-state index in [9.17, 15) is 4.79 Å². The first kappa shape index (κ1) is 23.8. The van der Waals surface area contributed by atoms with Crippen molar-refractivity contribution in [1.29, 1.82) is 5.26 Å². The van der Waals surface area contributed by atoms with Crippen LogP contribution in [0, 0.1) is 11.3 Å². The third kappa shape index (κ3) is 7.06. The zero-order valence-electron chi connectivity index (χ0n) is 19.0. The zero-order valence-corrected chi connectivity index (χ0v) is 19.0. The number of allylic oxidation sites excluding steroid dienone is 1. The van der Waals surface area contributed by atoms with Gasteiger partial charge in [0, 0.05) is 31.8 Å². The van der Waals surface area contributed by atoms with Gasteiger partial charge < -0.3 is 20.3 Å². The van der Waals surface area contributed by atoms with Crippen molar-refractivity contribution in [3.63, 3.8) is 0 Å². The molecule has 2 N–H and O–H groups in total. The number of hydrogen-bond acceptors (Lipinski definition) is 7. The second-order valence-electron chi connectivity index (χ2n) is 7.63. The number of aliphatic imine (C=N–C) groups is 1. The number of aldehydes is 1. The third-order valence-corrected chi connectivity index (χ3v) is 5.12. The van der Waals surface area contributed by atoms with Gasteiger partial charge in [-0.25, -0.2) is 0 Å². The Hall–Kier alpha value is -3.89. The van der Waals surface area contributed by atoms with Crippen molar-refractivity contribution in [2.75, 3.05) is 40.3 Å². The zero-order chi connectivity index (χ0) is 23.5. The van der Waals surface area contributed by atoms with Crippen LogP contribution in [0.25, 0.3) is 0 Å². The van der Waals surface area contributed by atoms with E-state index >= 15 is 0 Å². The van der Waals surface area contributed by atoms with Gasteiger partial charge in [-0.15, -0.1) is 0 Å². The second kappa shape index (κ2) is 12.2. The molecule has 0 fully saturated rings. The maximum atomic E-state index is 10.2. The van der Waals surface area contributed by atoms with Crippen molar-refractivity contribution in [2.45, 2.75) is 6.42 Å². The first-order valence-corrected chi connectivity index (χ1v) is 10.9. The van der Waals surface area contributed by atoms with Gasteiger partial charge in [-0.1, -0.05) is 24.3 Å². The second-order valence-corrected chi connectivity index (χ2v) is 7.63. The van der Waals surface area contributed by atoms with Gasteiger partial charge in [-0.3, -0.25) is 9.79 Å². The van der Waals surface area contributed by atoms with E-state index in [0.717, 1.165) is 61.9 Å². The fraction of sp³-hybridized carbons (Fsp3) is 0.269. The Bertz CT molecular complexity index is 1100. The van der Waals surface area contributed by atoms with E-state index in [0.29, 0.717) is 11.1 Å². The molecule has 0 bridgehead atoms. The van der Waals surface area contributed by atoms with Gasteiger partial charge in [0.25, 0.3) is 0 Å². The molecule has 4 rings (SSSR count). The molecule has 7 heteroatoms. The van der Waals surface area contributed by atoms with Gasteiger partial charge in [0.15, 0.2) is 0 Å². The van der Waals surface area contributed by atoms with Crippen molar-refractivity contribution in [3.8, 4) is 11.8 Å². The normalized spacial score (nSPS) is 14.6. The lowest BCUT2D eigenvalue weighted by Crippen LogP contribution is -2.32. The summed E-state index contributed by atoms with van der Waals surface area (Å²) in [5.74, 6) is 2.72. The number of rotatable bonds is 7. The number of hydrogen-bond donors (Lipinski definition) is 2. The Morgan fingerprint density at radius 1 is 1.27 bits per heavy atom. The van der Waals surface area contributed by atoms with E-state index in [1.54, 1.807) is 24.3 Å². The van der Waals surface area contributed by atoms with Crippen molar-refractivity contribution >= 4 is 12.1 Å². The van der Waals surface area contributed by atoms with Crippen LogP contribution in [-0.4, -0.2) is 57.3 Å². The maximum absolute atomic E-state index is 10.2. The highest BCUT2D eigenvalue weighted by atomic mass is 16.5.